The number of rotatable bonds is 10. The molecule has 3 amide bonds. The lowest BCUT2D eigenvalue weighted by Crippen LogP contribution is -2.47. The molecule has 3 heterocycles. The number of H-pyrrole nitrogens is 1. The van der Waals surface area contributed by atoms with E-state index in [1.807, 2.05) is 20.8 Å². The predicted octanol–water partition coefficient (Wildman–Crippen LogP) is 7.68. The lowest BCUT2D eigenvalue weighted by molar-refractivity contribution is -0.134. The van der Waals surface area contributed by atoms with Gasteiger partial charge in [-0.05, 0) is 81.2 Å². The number of aromatic amines is 1. The fraction of sp³-hybridized carbons (Fsp3) is 0.447. The van der Waals surface area contributed by atoms with E-state index in [9.17, 15) is 18.4 Å². The fourth-order valence-corrected chi connectivity index (χ4v) is 6.62. The van der Waals surface area contributed by atoms with Crippen LogP contribution in [0.1, 0.15) is 90.3 Å². The third kappa shape index (κ3) is 9.12. The Morgan fingerprint density at radius 1 is 1.07 bits per heavy atom. The zero-order chi connectivity index (χ0) is 39.9. The largest absolute Gasteiger partial charge is 0.447 e. The number of nitrogens with one attached hydrogen (secondary N) is 3. The van der Waals surface area contributed by atoms with E-state index >= 15 is 4.79 Å². The number of aromatic nitrogens is 5. The van der Waals surface area contributed by atoms with Gasteiger partial charge in [0, 0.05) is 23.4 Å². The van der Waals surface area contributed by atoms with Gasteiger partial charge >= 0.3 is 18.7 Å². The van der Waals surface area contributed by atoms with E-state index < -0.39 is 47.2 Å². The van der Waals surface area contributed by atoms with E-state index in [4.69, 9.17) is 21.1 Å². The van der Waals surface area contributed by atoms with Crippen LogP contribution in [0.5, 0.6) is 0 Å². The van der Waals surface area contributed by atoms with Crippen LogP contribution in [0.15, 0.2) is 59.9 Å². The second kappa shape index (κ2) is 15.0. The fourth-order valence-electron chi connectivity index (χ4n) is 6.41. The number of ether oxygens (including phenoxy) is 2. The summed E-state index contributed by atoms with van der Waals surface area (Å²) in [6.45, 7) is 9.61. The normalized spacial score (nSPS) is 18.8. The Kier molecular flexibility index (Phi) is 10.8. The van der Waals surface area contributed by atoms with Crippen molar-refractivity contribution in [2.45, 2.75) is 97.5 Å². The van der Waals surface area contributed by atoms with Gasteiger partial charge in [0.1, 0.15) is 23.6 Å². The molecule has 3 N–H and O–H groups in total. The molecule has 2 aliphatic rings. The number of guanidine groups is 1. The Labute approximate surface area is 322 Å². The van der Waals surface area contributed by atoms with E-state index in [1.54, 1.807) is 70.2 Å². The molecule has 2 fully saturated rings. The summed E-state index contributed by atoms with van der Waals surface area (Å²) in [5.41, 5.74) is -0.390. The maximum atomic E-state index is 15.4. The monoisotopic (exact) mass is 779 g/mol. The van der Waals surface area contributed by atoms with E-state index in [1.165, 1.54) is 17.3 Å². The van der Waals surface area contributed by atoms with E-state index in [0.717, 1.165) is 12.8 Å². The number of aliphatic imine (C=N–C) groups is 1. The van der Waals surface area contributed by atoms with Crippen LogP contribution in [-0.4, -0.2) is 72.2 Å². The summed E-state index contributed by atoms with van der Waals surface area (Å²) in [6, 6.07) is 10.9. The number of nitrogens with zero attached hydrogens (tertiary/aromatic N) is 6. The second-order valence-electron chi connectivity index (χ2n) is 16.0. The Morgan fingerprint density at radius 2 is 1.78 bits per heavy atom. The first kappa shape index (κ1) is 39.3. The molecule has 2 atom stereocenters. The molecule has 292 valence electrons. The summed E-state index contributed by atoms with van der Waals surface area (Å²) in [6.07, 6.45) is 2.84. The molecule has 2 aromatic carbocycles. The van der Waals surface area contributed by atoms with Crippen LogP contribution in [0.4, 0.5) is 18.4 Å². The van der Waals surface area contributed by atoms with Crippen LogP contribution < -0.4 is 10.6 Å². The Morgan fingerprint density at radius 3 is 2.36 bits per heavy atom. The number of halogens is 3. The number of benzene rings is 2. The predicted molar refractivity (Wildman–Crippen MR) is 200 cm³/mol. The van der Waals surface area contributed by atoms with Crippen molar-refractivity contribution >= 4 is 35.7 Å². The van der Waals surface area contributed by atoms with Crippen molar-refractivity contribution < 1.29 is 32.6 Å². The number of hydrogen-bond donors (Lipinski definition) is 3. The number of aryl methyl sites for hydroxylation is 1. The molecule has 1 saturated carbocycles. The van der Waals surface area contributed by atoms with Crippen molar-refractivity contribution in [3.05, 3.63) is 76.8 Å². The molecule has 2 aromatic heterocycles. The lowest BCUT2D eigenvalue weighted by atomic mass is 9.75. The van der Waals surface area contributed by atoms with Gasteiger partial charge in [-0.15, -0.1) is 15.2 Å². The SMILES string of the molecule is Cc1nnc(-c2cc([C@@H](COC(=O)NC3CC3)N3C(=O)[C@@](CC(C)(C)C)(c4ccc(-c5cnn(C(F)F)c5)cc4)NC3=NC(=O)OC(C)(C)C)ccc2Cl)[nH]1. The second-order valence-corrected chi connectivity index (χ2v) is 16.4. The minimum absolute atomic E-state index is 0.00859. The van der Waals surface area contributed by atoms with Gasteiger partial charge in [-0.3, -0.25) is 9.69 Å². The summed E-state index contributed by atoms with van der Waals surface area (Å²) in [5, 5.41) is 18.5. The highest BCUT2D eigenvalue weighted by atomic mass is 35.5. The van der Waals surface area contributed by atoms with Gasteiger partial charge in [-0.25, -0.2) is 14.3 Å². The molecule has 0 bridgehead atoms. The number of hydrogen-bond acceptors (Lipinski definition) is 8. The van der Waals surface area contributed by atoms with Crippen LogP contribution in [0.2, 0.25) is 5.02 Å². The first-order valence-electron chi connectivity index (χ1n) is 17.8. The quantitative estimate of drug-likeness (QED) is 0.146. The zero-order valence-electron chi connectivity index (χ0n) is 31.6. The standard InChI is InChI=1S/C38H44ClF2N9O5/c1-21-43-30(48-47-21)27-16-23(10-15-28(27)39)29(19-54-34(52)44-26-13-14-26)50-31(51)38(20-36(2,3)4,46-33(50)45-35(53)55-37(5,6)7)25-11-8-22(9-12-25)24-17-42-49(18-24)32(40)41/h8-12,15-18,26,29,32H,13-14,19-20H2,1-7H3,(H,44,52)(H,43,47,48)(H,45,46,53)/t29-,38-/m1/s1. The molecule has 1 aliphatic carbocycles. The minimum Gasteiger partial charge on any atom is -0.447 e. The highest BCUT2D eigenvalue weighted by Gasteiger charge is 2.55. The molecule has 4 aromatic rings. The summed E-state index contributed by atoms with van der Waals surface area (Å²) in [5.74, 6) is 0.310. The number of carbonyl (C=O) groups excluding carboxylic acids is 3. The molecule has 55 heavy (non-hydrogen) atoms. The average Bonchev–Trinajstić information content (AvgIpc) is 3.45. The lowest BCUT2D eigenvalue weighted by Gasteiger charge is -2.35. The highest BCUT2D eigenvalue weighted by Crippen LogP contribution is 2.43. The summed E-state index contributed by atoms with van der Waals surface area (Å²) in [4.78, 5) is 50.5. The summed E-state index contributed by atoms with van der Waals surface area (Å²) in [7, 11) is 0. The first-order valence-corrected chi connectivity index (χ1v) is 18.2. The van der Waals surface area contributed by atoms with Gasteiger partial charge in [-0.1, -0.05) is 62.7 Å². The molecule has 6 rings (SSSR count). The van der Waals surface area contributed by atoms with E-state index in [-0.39, 0.29) is 25.0 Å². The Balaban J connectivity index is 1.49. The maximum absolute atomic E-state index is 15.4. The van der Waals surface area contributed by atoms with Crippen LogP contribution in [0, 0.1) is 12.3 Å². The van der Waals surface area contributed by atoms with Gasteiger partial charge in [-0.2, -0.15) is 13.9 Å². The van der Waals surface area contributed by atoms with Crippen molar-refractivity contribution in [3.63, 3.8) is 0 Å². The highest BCUT2D eigenvalue weighted by molar-refractivity contribution is 6.33. The molecule has 1 saturated heterocycles. The van der Waals surface area contributed by atoms with Crippen LogP contribution >= 0.6 is 11.6 Å². The molecule has 0 radical (unpaired) electrons. The van der Waals surface area contributed by atoms with Crippen LogP contribution in [-0.2, 0) is 19.8 Å². The van der Waals surface area contributed by atoms with Gasteiger partial charge in [0.05, 0.1) is 17.3 Å². The average molecular weight is 780 g/mol. The number of amides is 3. The van der Waals surface area contributed by atoms with Crippen molar-refractivity contribution in [1.29, 1.82) is 0 Å². The number of alkyl halides is 2. The topological polar surface area (TPSA) is 169 Å². The molecular formula is C38H44ClF2N9O5. The van der Waals surface area contributed by atoms with Crippen molar-refractivity contribution in [1.82, 2.24) is 40.5 Å². The first-order chi connectivity index (χ1) is 25.8. The maximum Gasteiger partial charge on any atom is 0.437 e. The molecular weight excluding hydrogens is 736 g/mol. The van der Waals surface area contributed by atoms with Gasteiger partial charge in [0.2, 0.25) is 5.96 Å². The van der Waals surface area contributed by atoms with Crippen molar-refractivity contribution in [2.75, 3.05) is 6.61 Å². The molecule has 0 spiro atoms. The van der Waals surface area contributed by atoms with Gasteiger partial charge in [0.15, 0.2) is 5.82 Å². The van der Waals surface area contributed by atoms with Crippen molar-refractivity contribution in [2.24, 2.45) is 10.4 Å². The third-order valence-corrected chi connectivity index (χ3v) is 9.18. The van der Waals surface area contributed by atoms with Crippen LogP contribution in [0.25, 0.3) is 22.5 Å². The van der Waals surface area contributed by atoms with Crippen LogP contribution in [0.3, 0.4) is 0 Å². The van der Waals surface area contributed by atoms with Gasteiger partial charge < -0.3 is 25.1 Å². The Bertz CT molecular complexity index is 2100. The molecule has 1 aliphatic heterocycles. The zero-order valence-corrected chi connectivity index (χ0v) is 32.4. The van der Waals surface area contributed by atoms with Crippen molar-refractivity contribution in [3.8, 4) is 22.5 Å². The number of alkyl carbamates (subject to hydrolysis) is 1. The molecule has 0 unspecified atom stereocenters. The molecule has 17 heteroatoms. The minimum atomic E-state index is -2.80. The number of carbonyl (C=O) groups is 3. The summed E-state index contributed by atoms with van der Waals surface area (Å²) < 4.78 is 38.5. The van der Waals surface area contributed by atoms with E-state index in [2.05, 4.69) is 35.9 Å². The summed E-state index contributed by atoms with van der Waals surface area (Å²) >= 11 is 6.65. The Hall–Kier alpha value is -5.38. The van der Waals surface area contributed by atoms with Gasteiger partial charge in [0.25, 0.3) is 5.91 Å². The smallest absolute Gasteiger partial charge is 0.437 e. The third-order valence-electron chi connectivity index (χ3n) is 8.85. The van der Waals surface area contributed by atoms with E-state index in [0.29, 0.717) is 49.2 Å². The molecule has 14 nitrogen and oxygen atoms in total.